The van der Waals surface area contributed by atoms with Crippen LogP contribution in [-0.2, 0) is 0 Å². The van der Waals surface area contributed by atoms with Crippen molar-refractivity contribution in [3.8, 4) is 0 Å². The van der Waals surface area contributed by atoms with Gasteiger partial charge in [0.2, 0.25) is 0 Å². The zero-order valence-electron chi connectivity index (χ0n) is 4.37. The standard InChI is InChI=1S/C5H3BrClN.ClH/c6-4-2-1-3-8-5(4)7;/h1-3H;1H. The van der Waals surface area contributed by atoms with Crippen molar-refractivity contribution in [2.45, 2.75) is 0 Å². The van der Waals surface area contributed by atoms with Crippen LogP contribution in [0.25, 0.3) is 0 Å². The molecule has 0 aliphatic rings. The van der Waals surface area contributed by atoms with Crippen LogP contribution < -0.4 is 17.4 Å². The fraction of sp³-hybridized carbons (Fsp3) is 0. The molecule has 0 aromatic carbocycles. The fourth-order valence-corrected chi connectivity index (χ4v) is 0.789. The molecule has 1 aromatic rings. The molecule has 4 heteroatoms. The maximum absolute atomic E-state index is 5.61. The lowest BCUT2D eigenvalue weighted by Crippen LogP contribution is -3.00. The fourth-order valence-electron chi connectivity index (χ4n) is 0.396. The van der Waals surface area contributed by atoms with Crippen molar-refractivity contribution in [3.05, 3.63) is 28.0 Å². The lowest BCUT2D eigenvalue weighted by atomic mass is 10.5. The molecule has 0 unspecified atom stereocenters. The monoisotopic (exact) mass is 227 g/mol. The minimum atomic E-state index is 0. The summed E-state index contributed by atoms with van der Waals surface area (Å²) in [5, 5.41) is 0.632. The van der Waals surface area contributed by atoms with Gasteiger partial charge < -0.3 is 12.4 Å². The summed E-state index contributed by atoms with van der Waals surface area (Å²) in [6.07, 6.45) is 1.77. The van der Waals surface area contributed by atoms with Crippen molar-refractivity contribution < 1.29 is 17.4 Å². The minimum absolute atomic E-state index is 0. The minimum Gasteiger partial charge on any atom is -1.00 e. The summed E-state index contributed by atoms with van der Waals surface area (Å²) in [6.45, 7) is 0. The number of pyridine rings is 1. The van der Waals surface area contributed by atoms with Gasteiger partial charge in [-0.05, 0) is 33.6 Å². The summed E-state index contributed by atoms with van der Waals surface area (Å²) in [7, 11) is 0. The Labute approximate surface area is 73.0 Å². The molecule has 1 rings (SSSR count). The highest BCUT2D eigenvalue weighted by molar-refractivity contribution is 9.10. The van der Waals surface area contributed by atoms with E-state index < -0.39 is 0 Å². The van der Waals surface area contributed by atoms with Crippen LogP contribution in [-0.4, -0.2) is 0 Å². The molecule has 0 bridgehead atoms. The molecule has 1 nitrogen and oxygen atoms in total. The zero-order chi connectivity index (χ0) is 5.98. The van der Waals surface area contributed by atoms with Gasteiger partial charge in [-0.15, -0.1) is 0 Å². The van der Waals surface area contributed by atoms with Crippen LogP contribution in [0.1, 0.15) is 0 Å². The highest BCUT2D eigenvalue weighted by Gasteiger charge is 1.98. The Morgan fingerprint density at radius 1 is 1.56 bits per heavy atom. The molecule has 0 atom stereocenters. The smallest absolute Gasteiger partial charge is 0.287 e. The van der Waals surface area contributed by atoms with Crippen LogP contribution in [0, 0.1) is 0 Å². The van der Waals surface area contributed by atoms with Gasteiger partial charge in [-0.3, -0.25) is 0 Å². The predicted octanol–water partition coefficient (Wildman–Crippen LogP) is -1.08. The van der Waals surface area contributed by atoms with Gasteiger partial charge in [-0.2, -0.15) is 0 Å². The van der Waals surface area contributed by atoms with Gasteiger partial charge in [0.25, 0.3) is 5.15 Å². The van der Waals surface area contributed by atoms with Crippen LogP contribution in [0.15, 0.2) is 22.8 Å². The van der Waals surface area contributed by atoms with E-state index in [1.54, 1.807) is 6.20 Å². The molecule has 0 radical (unpaired) electrons. The van der Waals surface area contributed by atoms with E-state index in [4.69, 9.17) is 11.6 Å². The topological polar surface area (TPSA) is 14.1 Å². The first-order valence-electron chi connectivity index (χ1n) is 2.12. The third kappa shape index (κ3) is 2.52. The van der Waals surface area contributed by atoms with Crippen LogP contribution in [0.4, 0.5) is 0 Å². The molecule has 0 saturated carbocycles. The van der Waals surface area contributed by atoms with Gasteiger partial charge >= 0.3 is 0 Å². The Morgan fingerprint density at radius 3 is 2.56 bits per heavy atom. The first-order valence-corrected chi connectivity index (χ1v) is 3.29. The summed E-state index contributed by atoms with van der Waals surface area (Å²) < 4.78 is 0.890. The van der Waals surface area contributed by atoms with E-state index in [9.17, 15) is 0 Å². The average molecular weight is 229 g/mol. The lowest BCUT2D eigenvalue weighted by molar-refractivity contribution is -0.376. The van der Waals surface area contributed by atoms with Crippen LogP contribution >= 0.6 is 27.5 Å². The van der Waals surface area contributed by atoms with Gasteiger partial charge in [0.15, 0.2) is 6.20 Å². The van der Waals surface area contributed by atoms with Crippen molar-refractivity contribution in [1.82, 2.24) is 0 Å². The number of hydrogen-bond acceptors (Lipinski definition) is 0. The maximum Gasteiger partial charge on any atom is 0.287 e. The number of aromatic nitrogens is 1. The number of aromatic amines is 1. The second kappa shape index (κ2) is 4.09. The molecule has 9 heavy (non-hydrogen) atoms. The molecular weight excluding hydrogens is 225 g/mol. The second-order valence-electron chi connectivity index (χ2n) is 1.33. The van der Waals surface area contributed by atoms with E-state index in [0.717, 1.165) is 4.47 Å². The van der Waals surface area contributed by atoms with Gasteiger partial charge in [-0.25, -0.2) is 4.98 Å². The number of hydrogen-bond donors (Lipinski definition) is 0. The number of rotatable bonds is 0. The van der Waals surface area contributed by atoms with Gasteiger partial charge in [-0.1, -0.05) is 0 Å². The van der Waals surface area contributed by atoms with E-state index in [1.165, 1.54) is 0 Å². The van der Waals surface area contributed by atoms with Gasteiger partial charge in [0, 0.05) is 6.07 Å². The molecular formula is C5H4BrCl2N. The first-order chi connectivity index (χ1) is 3.80. The molecule has 0 saturated heterocycles. The van der Waals surface area contributed by atoms with E-state index in [-0.39, 0.29) is 12.4 Å². The van der Waals surface area contributed by atoms with E-state index in [1.807, 2.05) is 12.1 Å². The Morgan fingerprint density at radius 2 is 2.22 bits per heavy atom. The normalized spacial score (nSPS) is 8.22. The number of nitrogens with one attached hydrogen (secondary N) is 1. The third-order valence-electron chi connectivity index (χ3n) is 0.759. The van der Waals surface area contributed by atoms with Crippen molar-refractivity contribution in [2.24, 2.45) is 0 Å². The van der Waals surface area contributed by atoms with E-state index in [0.29, 0.717) is 5.15 Å². The summed E-state index contributed by atoms with van der Waals surface area (Å²) >= 11 is 8.84. The summed E-state index contributed by atoms with van der Waals surface area (Å²) in [5.41, 5.74) is 0. The van der Waals surface area contributed by atoms with Gasteiger partial charge in [0.1, 0.15) is 4.47 Å². The molecule has 1 heterocycles. The lowest BCUT2D eigenvalue weighted by Gasteiger charge is -1.81. The summed E-state index contributed by atoms with van der Waals surface area (Å²) in [5.74, 6) is 0. The Kier molecular flexibility index (Phi) is 4.19. The Balaban J connectivity index is 0.000000640. The Hall–Kier alpha value is 0.210. The van der Waals surface area contributed by atoms with E-state index >= 15 is 0 Å². The van der Waals surface area contributed by atoms with Crippen molar-refractivity contribution in [1.29, 1.82) is 0 Å². The highest BCUT2D eigenvalue weighted by Crippen LogP contribution is 2.14. The molecule has 0 aliphatic carbocycles. The highest BCUT2D eigenvalue weighted by atomic mass is 79.9. The van der Waals surface area contributed by atoms with E-state index in [2.05, 4.69) is 20.9 Å². The van der Waals surface area contributed by atoms with Crippen molar-refractivity contribution in [3.63, 3.8) is 0 Å². The summed E-state index contributed by atoms with van der Waals surface area (Å²) in [4.78, 5) is 2.82. The second-order valence-corrected chi connectivity index (χ2v) is 2.56. The summed E-state index contributed by atoms with van der Waals surface area (Å²) in [6, 6.07) is 3.74. The van der Waals surface area contributed by atoms with Crippen molar-refractivity contribution >= 4 is 27.5 Å². The first kappa shape index (κ1) is 9.21. The molecule has 0 amide bonds. The van der Waals surface area contributed by atoms with Crippen LogP contribution in [0.3, 0.4) is 0 Å². The average Bonchev–Trinajstić information content (AvgIpc) is 1.77. The molecule has 1 N–H and O–H groups in total. The van der Waals surface area contributed by atoms with Crippen LogP contribution in [0.5, 0.6) is 0 Å². The zero-order valence-corrected chi connectivity index (χ0v) is 7.46. The molecule has 0 spiro atoms. The number of halogens is 3. The predicted molar refractivity (Wildman–Crippen MR) is 35.7 cm³/mol. The molecule has 0 aliphatic heterocycles. The molecule has 50 valence electrons. The Bertz CT molecular complexity index is 171. The third-order valence-corrected chi connectivity index (χ3v) is 1.96. The SMILES string of the molecule is Clc1[nH+]cccc1Br.[Cl-]. The van der Waals surface area contributed by atoms with Gasteiger partial charge in [0.05, 0.1) is 0 Å². The maximum atomic E-state index is 5.61. The number of H-pyrrole nitrogens is 1. The largest absolute Gasteiger partial charge is 1.00 e. The molecule has 1 aromatic heterocycles. The quantitative estimate of drug-likeness (QED) is 0.502. The van der Waals surface area contributed by atoms with Crippen molar-refractivity contribution in [2.75, 3.05) is 0 Å². The molecule has 0 fully saturated rings. The van der Waals surface area contributed by atoms with Crippen LogP contribution in [0.2, 0.25) is 5.15 Å².